The van der Waals surface area contributed by atoms with Crippen LogP contribution in [0, 0.1) is 0 Å². The molecule has 4 heteroatoms. The number of amides is 2. The summed E-state index contributed by atoms with van der Waals surface area (Å²) >= 11 is 0. The van der Waals surface area contributed by atoms with Crippen molar-refractivity contribution < 1.29 is 9.59 Å². The van der Waals surface area contributed by atoms with Crippen LogP contribution < -0.4 is 5.32 Å². The van der Waals surface area contributed by atoms with E-state index >= 15 is 0 Å². The summed E-state index contributed by atoms with van der Waals surface area (Å²) in [5.74, 6) is 0.0171. The number of rotatable bonds is 3. The van der Waals surface area contributed by atoms with E-state index in [-0.39, 0.29) is 17.9 Å². The molecule has 27 heavy (non-hydrogen) atoms. The lowest BCUT2D eigenvalue weighted by Crippen LogP contribution is -2.46. The summed E-state index contributed by atoms with van der Waals surface area (Å²) in [5, 5.41) is 5.29. The number of carbonyl (C=O) groups excluding carboxylic acids is 2. The number of piperidine rings is 1. The predicted octanol–water partition coefficient (Wildman–Crippen LogP) is 3.87. The van der Waals surface area contributed by atoms with Gasteiger partial charge in [0.1, 0.15) is 0 Å². The minimum atomic E-state index is -0.0464. The van der Waals surface area contributed by atoms with Crippen molar-refractivity contribution in [2.24, 2.45) is 0 Å². The van der Waals surface area contributed by atoms with Crippen LogP contribution in [0.3, 0.4) is 0 Å². The monoisotopic (exact) mass is 358 g/mol. The first kappa shape index (κ1) is 17.3. The third-order valence-electron chi connectivity index (χ3n) is 5.15. The highest BCUT2D eigenvalue weighted by Gasteiger charge is 2.25. The molecule has 1 N–H and O–H groups in total. The number of carbonyl (C=O) groups is 2. The number of hydrogen-bond acceptors (Lipinski definition) is 2. The maximum atomic E-state index is 12.8. The molecule has 1 aliphatic heterocycles. The SMILES string of the molecule is O=C(NC1CCN(C(=O)c2ccc3ccccc3c2)CC1)c1ccccc1. The van der Waals surface area contributed by atoms with Crippen LogP contribution in [0.5, 0.6) is 0 Å². The normalized spacial score (nSPS) is 14.9. The van der Waals surface area contributed by atoms with Crippen molar-refractivity contribution in [3.8, 4) is 0 Å². The lowest BCUT2D eigenvalue weighted by Gasteiger charge is -2.32. The molecule has 0 saturated carbocycles. The second-order valence-electron chi connectivity index (χ2n) is 6.97. The second-order valence-corrected chi connectivity index (χ2v) is 6.97. The second kappa shape index (κ2) is 7.62. The molecule has 0 bridgehead atoms. The smallest absolute Gasteiger partial charge is 0.253 e. The minimum Gasteiger partial charge on any atom is -0.349 e. The number of likely N-dealkylation sites (tertiary alicyclic amines) is 1. The predicted molar refractivity (Wildman–Crippen MR) is 107 cm³/mol. The molecule has 4 rings (SSSR count). The first-order valence-electron chi connectivity index (χ1n) is 9.35. The van der Waals surface area contributed by atoms with Crippen LogP contribution >= 0.6 is 0 Å². The van der Waals surface area contributed by atoms with Crippen LogP contribution in [0.25, 0.3) is 10.8 Å². The van der Waals surface area contributed by atoms with Gasteiger partial charge in [-0.1, -0.05) is 48.5 Å². The Morgan fingerprint density at radius 3 is 2.19 bits per heavy atom. The molecular formula is C23H22N2O2. The maximum Gasteiger partial charge on any atom is 0.253 e. The number of nitrogens with one attached hydrogen (secondary N) is 1. The summed E-state index contributed by atoms with van der Waals surface area (Å²) in [6.07, 6.45) is 1.55. The van der Waals surface area contributed by atoms with Gasteiger partial charge in [0.2, 0.25) is 0 Å². The summed E-state index contributed by atoms with van der Waals surface area (Å²) in [6, 6.07) is 23.3. The Balaban J connectivity index is 1.37. The van der Waals surface area contributed by atoms with Gasteiger partial charge < -0.3 is 10.2 Å². The third kappa shape index (κ3) is 3.85. The Bertz CT molecular complexity index is 960. The molecule has 0 atom stereocenters. The van der Waals surface area contributed by atoms with Gasteiger partial charge in [0.25, 0.3) is 11.8 Å². The molecular weight excluding hydrogens is 336 g/mol. The zero-order valence-electron chi connectivity index (χ0n) is 15.1. The van der Waals surface area contributed by atoms with E-state index in [1.165, 1.54) is 0 Å². The van der Waals surface area contributed by atoms with Gasteiger partial charge in [-0.2, -0.15) is 0 Å². The van der Waals surface area contributed by atoms with Gasteiger partial charge in [0.15, 0.2) is 0 Å². The summed E-state index contributed by atoms with van der Waals surface area (Å²) in [6.45, 7) is 1.32. The molecule has 2 amide bonds. The lowest BCUT2D eigenvalue weighted by atomic mass is 10.0. The van der Waals surface area contributed by atoms with Crippen molar-refractivity contribution in [3.05, 3.63) is 83.9 Å². The van der Waals surface area contributed by atoms with Crippen molar-refractivity contribution in [3.63, 3.8) is 0 Å². The van der Waals surface area contributed by atoms with E-state index in [2.05, 4.69) is 5.32 Å². The molecule has 0 spiro atoms. The van der Waals surface area contributed by atoms with E-state index in [9.17, 15) is 9.59 Å². The first-order valence-corrected chi connectivity index (χ1v) is 9.35. The van der Waals surface area contributed by atoms with Gasteiger partial charge in [-0.3, -0.25) is 9.59 Å². The summed E-state index contributed by atoms with van der Waals surface area (Å²) < 4.78 is 0. The molecule has 1 saturated heterocycles. The van der Waals surface area contributed by atoms with Gasteiger partial charge in [-0.15, -0.1) is 0 Å². The molecule has 3 aromatic carbocycles. The fourth-order valence-electron chi connectivity index (χ4n) is 3.59. The van der Waals surface area contributed by atoms with Crippen LogP contribution in [0.1, 0.15) is 33.6 Å². The Labute approximate surface area is 158 Å². The van der Waals surface area contributed by atoms with Crippen LogP contribution in [-0.4, -0.2) is 35.8 Å². The number of hydrogen-bond donors (Lipinski definition) is 1. The molecule has 0 aliphatic carbocycles. The van der Waals surface area contributed by atoms with Crippen molar-refractivity contribution in [2.75, 3.05) is 13.1 Å². The minimum absolute atomic E-state index is 0.0464. The first-order chi connectivity index (χ1) is 13.2. The maximum absolute atomic E-state index is 12.8. The Kier molecular flexibility index (Phi) is 4.88. The van der Waals surface area contributed by atoms with E-state index in [0.29, 0.717) is 18.7 Å². The van der Waals surface area contributed by atoms with Crippen LogP contribution in [0.2, 0.25) is 0 Å². The van der Waals surface area contributed by atoms with E-state index < -0.39 is 0 Å². The van der Waals surface area contributed by atoms with E-state index in [4.69, 9.17) is 0 Å². The van der Waals surface area contributed by atoms with E-state index in [1.54, 1.807) is 0 Å². The molecule has 1 heterocycles. The van der Waals surface area contributed by atoms with Crippen LogP contribution in [-0.2, 0) is 0 Å². The Morgan fingerprint density at radius 2 is 1.44 bits per heavy atom. The highest BCUT2D eigenvalue weighted by atomic mass is 16.2. The van der Waals surface area contributed by atoms with Crippen molar-refractivity contribution in [1.29, 1.82) is 0 Å². The van der Waals surface area contributed by atoms with Crippen molar-refractivity contribution in [2.45, 2.75) is 18.9 Å². The highest BCUT2D eigenvalue weighted by Crippen LogP contribution is 2.19. The largest absolute Gasteiger partial charge is 0.349 e. The van der Waals surface area contributed by atoms with Gasteiger partial charge in [-0.25, -0.2) is 0 Å². The highest BCUT2D eigenvalue weighted by molar-refractivity contribution is 5.98. The van der Waals surface area contributed by atoms with Gasteiger partial charge in [-0.05, 0) is 47.9 Å². The topological polar surface area (TPSA) is 49.4 Å². The van der Waals surface area contributed by atoms with Crippen molar-refractivity contribution in [1.82, 2.24) is 10.2 Å². The fraction of sp³-hybridized carbons (Fsp3) is 0.217. The van der Waals surface area contributed by atoms with Gasteiger partial charge in [0.05, 0.1) is 0 Å². The molecule has 1 aliphatic rings. The zero-order valence-corrected chi connectivity index (χ0v) is 15.1. The molecule has 1 fully saturated rings. The summed E-state index contributed by atoms with van der Waals surface area (Å²) in [7, 11) is 0. The fourth-order valence-corrected chi connectivity index (χ4v) is 3.59. The zero-order chi connectivity index (χ0) is 18.6. The lowest BCUT2D eigenvalue weighted by molar-refractivity contribution is 0.0698. The van der Waals surface area contributed by atoms with Crippen molar-refractivity contribution >= 4 is 22.6 Å². The number of fused-ring (bicyclic) bond motifs is 1. The van der Waals surface area contributed by atoms with Gasteiger partial charge in [0, 0.05) is 30.3 Å². The quantitative estimate of drug-likeness (QED) is 0.773. The van der Waals surface area contributed by atoms with Crippen LogP contribution in [0.4, 0.5) is 0 Å². The molecule has 0 unspecified atom stereocenters. The Morgan fingerprint density at radius 1 is 0.778 bits per heavy atom. The number of benzene rings is 3. The average Bonchev–Trinajstić information content (AvgIpc) is 2.74. The van der Waals surface area contributed by atoms with E-state index in [1.807, 2.05) is 77.7 Å². The van der Waals surface area contributed by atoms with E-state index in [0.717, 1.165) is 29.2 Å². The molecule has 3 aromatic rings. The molecule has 136 valence electrons. The summed E-state index contributed by atoms with van der Waals surface area (Å²) in [5.41, 5.74) is 1.40. The Hall–Kier alpha value is -3.14. The summed E-state index contributed by atoms with van der Waals surface area (Å²) in [4.78, 5) is 27.0. The standard InChI is InChI=1S/C23H22N2O2/c26-22(18-7-2-1-3-8-18)24-21-12-14-25(15-13-21)23(27)20-11-10-17-6-4-5-9-19(17)16-20/h1-11,16,21H,12-15H2,(H,24,26). The molecule has 0 aromatic heterocycles. The number of nitrogens with zero attached hydrogens (tertiary/aromatic N) is 1. The molecule has 0 radical (unpaired) electrons. The molecule has 4 nitrogen and oxygen atoms in total. The average molecular weight is 358 g/mol. The van der Waals surface area contributed by atoms with Gasteiger partial charge >= 0.3 is 0 Å². The van der Waals surface area contributed by atoms with Crippen LogP contribution in [0.15, 0.2) is 72.8 Å². The third-order valence-corrected chi connectivity index (χ3v) is 5.15.